The lowest BCUT2D eigenvalue weighted by Crippen LogP contribution is -2.44. The van der Waals surface area contributed by atoms with Crippen LogP contribution in [0.3, 0.4) is 0 Å². The first kappa shape index (κ1) is 17.7. The summed E-state index contributed by atoms with van der Waals surface area (Å²) in [7, 11) is 1.59. The van der Waals surface area contributed by atoms with Crippen LogP contribution in [0, 0.1) is 11.8 Å². The summed E-state index contributed by atoms with van der Waals surface area (Å²) in [6, 6.07) is 0.328. The molecule has 1 saturated carbocycles. The predicted molar refractivity (Wildman–Crippen MR) is 75.8 cm³/mol. The molecule has 4 atom stereocenters. The summed E-state index contributed by atoms with van der Waals surface area (Å²) in [6.07, 6.45) is 3.71. The second-order valence-corrected chi connectivity index (χ2v) is 5.37. The van der Waals surface area contributed by atoms with Crippen LogP contribution in [0.5, 0.6) is 0 Å². The van der Waals surface area contributed by atoms with Crippen molar-refractivity contribution < 1.29 is 9.53 Å². The van der Waals surface area contributed by atoms with Gasteiger partial charge in [0.2, 0.25) is 5.91 Å². The van der Waals surface area contributed by atoms with Crippen molar-refractivity contribution >= 4 is 18.3 Å². The van der Waals surface area contributed by atoms with Gasteiger partial charge in [-0.3, -0.25) is 4.79 Å². The Labute approximate surface area is 116 Å². The summed E-state index contributed by atoms with van der Waals surface area (Å²) in [5.41, 5.74) is 5.51. The van der Waals surface area contributed by atoms with E-state index in [9.17, 15) is 4.79 Å². The summed E-state index contributed by atoms with van der Waals surface area (Å²) in [5, 5.41) is 3.11. The molecular weight excluding hydrogens is 252 g/mol. The topological polar surface area (TPSA) is 64.3 Å². The third-order valence-electron chi connectivity index (χ3n) is 3.79. The Morgan fingerprint density at radius 1 is 1.44 bits per heavy atom. The third kappa shape index (κ3) is 5.55. The molecule has 1 aliphatic carbocycles. The fraction of sp³-hybridized carbons (Fsp3) is 0.923. The zero-order chi connectivity index (χ0) is 12.8. The van der Waals surface area contributed by atoms with E-state index in [0.717, 1.165) is 12.3 Å². The molecule has 18 heavy (non-hydrogen) atoms. The van der Waals surface area contributed by atoms with Crippen molar-refractivity contribution in [1.29, 1.82) is 0 Å². The van der Waals surface area contributed by atoms with E-state index >= 15 is 0 Å². The molecule has 0 aliphatic heterocycles. The third-order valence-corrected chi connectivity index (χ3v) is 3.79. The first-order valence-electron chi connectivity index (χ1n) is 6.59. The summed E-state index contributed by atoms with van der Waals surface area (Å²) in [5.74, 6) is 1.42. The predicted octanol–water partition coefficient (Wildman–Crippen LogP) is 1.71. The molecule has 0 aromatic heterocycles. The highest BCUT2D eigenvalue weighted by Gasteiger charge is 2.26. The van der Waals surface area contributed by atoms with Gasteiger partial charge in [0.25, 0.3) is 0 Å². The highest BCUT2D eigenvalue weighted by molar-refractivity contribution is 5.85. The van der Waals surface area contributed by atoms with E-state index in [2.05, 4.69) is 19.2 Å². The fourth-order valence-corrected chi connectivity index (χ4v) is 2.62. The summed E-state index contributed by atoms with van der Waals surface area (Å²) in [4.78, 5) is 11.8. The standard InChI is InChI=1S/C13H26N2O2.ClH/c1-9-4-5-12(10(2)6-9)15-13(16)7-11(8-14)17-3;/h9-12H,4-8,14H2,1-3H3,(H,15,16);1H. The molecule has 0 radical (unpaired) electrons. The molecule has 0 saturated heterocycles. The van der Waals surface area contributed by atoms with Crippen molar-refractivity contribution in [3.05, 3.63) is 0 Å². The lowest BCUT2D eigenvalue weighted by atomic mass is 9.80. The van der Waals surface area contributed by atoms with E-state index in [-0.39, 0.29) is 24.4 Å². The number of carbonyl (C=O) groups excluding carboxylic acids is 1. The van der Waals surface area contributed by atoms with Crippen molar-refractivity contribution in [1.82, 2.24) is 5.32 Å². The van der Waals surface area contributed by atoms with Crippen LogP contribution in [-0.2, 0) is 9.53 Å². The van der Waals surface area contributed by atoms with Gasteiger partial charge in [-0.2, -0.15) is 0 Å². The molecule has 1 rings (SSSR count). The van der Waals surface area contributed by atoms with Crippen LogP contribution < -0.4 is 11.1 Å². The molecule has 0 spiro atoms. The van der Waals surface area contributed by atoms with Gasteiger partial charge >= 0.3 is 0 Å². The minimum Gasteiger partial charge on any atom is -0.380 e. The number of ether oxygens (including phenoxy) is 1. The van der Waals surface area contributed by atoms with Gasteiger partial charge in [-0.05, 0) is 31.1 Å². The quantitative estimate of drug-likeness (QED) is 0.805. The van der Waals surface area contributed by atoms with Crippen LogP contribution in [0.4, 0.5) is 0 Å². The zero-order valence-corrected chi connectivity index (χ0v) is 12.5. The van der Waals surface area contributed by atoms with Crippen molar-refractivity contribution in [3.8, 4) is 0 Å². The monoisotopic (exact) mass is 278 g/mol. The highest BCUT2D eigenvalue weighted by Crippen LogP contribution is 2.28. The van der Waals surface area contributed by atoms with E-state index < -0.39 is 0 Å². The maximum atomic E-state index is 11.8. The fourth-order valence-electron chi connectivity index (χ4n) is 2.62. The number of methoxy groups -OCH3 is 1. The van der Waals surface area contributed by atoms with Gasteiger partial charge in [0.1, 0.15) is 0 Å². The number of carbonyl (C=O) groups is 1. The molecule has 108 valence electrons. The Morgan fingerprint density at radius 2 is 2.11 bits per heavy atom. The molecule has 0 bridgehead atoms. The minimum absolute atomic E-state index is 0. The number of rotatable bonds is 5. The zero-order valence-electron chi connectivity index (χ0n) is 11.6. The Balaban J connectivity index is 0.00000289. The first-order valence-corrected chi connectivity index (χ1v) is 6.59. The molecule has 0 aromatic carbocycles. The SMILES string of the molecule is COC(CN)CC(=O)NC1CCC(C)CC1C.Cl. The van der Waals surface area contributed by atoms with Gasteiger partial charge in [-0.25, -0.2) is 0 Å². The average Bonchev–Trinajstić information content (AvgIpc) is 2.29. The van der Waals surface area contributed by atoms with Crippen molar-refractivity contribution in [2.75, 3.05) is 13.7 Å². The normalized spacial score (nSPS) is 29.2. The summed E-state index contributed by atoms with van der Waals surface area (Å²) in [6.45, 7) is 4.89. The Morgan fingerprint density at radius 3 is 2.61 bits per heavy atom. The lowest BCUT2D eigenvalue weighted by molar-refractivity contribution is -0.124. The summed E-state index contributed by atoms with van der Waals surface area (Å²) >= 11 is 0. The molecular formula is C13H27ClN2O2. The first-order chi connectivity index (χ1) is 8.06. The van der Waals surface area contributed by atoms with E-state index in [4.69, 9.17) is 10.5 Å². The van der Waals surface area contributed by atoms with Crippen LogP contribution in [0.2, 0.25) is 0 Å². The van der Waals surface area contributed by atoms with Gasteiger partial charge in [-0.1, -0.05) is 13.8 Å². The van der Waals surface area contributed by atoms with Gasteiger partial charge in [0.05, 0.1) is 12.5 Å². The molecule has 0 aromatic rings. The molecule has 4 nitrogen and oxygen atoms in total. The Bertz CT molecular complexity index is 247. The van der Waals surface area contributed by atoms with E-state index in [1.165, 1.54) is 12.8 Å². The highest BCUT2D eigenvalue weighted by atomic mass is 35.5. The van der Waals surface area contributed by atoms with Crippen LogP contribution >= 0.6 is 12.4 Å². The molecule has 1 amide bonds. The van der Waals surface area contributed by atoms with Gasteiger partial charge < -0.3 is 15.8 Å². The van der Waals surface area contributed by atoms with E-state index in [1.807, 2.05) is 0 Å². The molecule has 4 unspecified atom stereocenters. The Hall–Kier alpha value is -0.320. The largest absolute Gasteiger partial charge is 0.380 e. The number of hydrogen-bond acceptors (Lipinski definition) is 3. The smallest absolute Gasteiger partial charge is 0.222 e. The van der Waals surface area contributed by atoms with E-state index in [0.29, 0.717) is 24.9 Å². The lowest BCUT2D eigenvalue weighted by Gasteiger charge is -2.33. The average molecular weight is 279 g/mol. The number of nitrogens with one attached hydrogen (secondary N) is 1. The number of hydrogen-bond donors (Lipinski definition) is 2. The van der Waals surface area contributed by atoms with Crippen molar-refractivity contribution in [3.63, 3.8) is 0 Å². The molecule has 1 fully saturated rings. The van der Waals surface area contributed by atoms with Crippen LogP contribution in [0.1, 0.15) is 39.5 Å². The van der Waals surface area contributed by atoms with Crippen molar-refractivity contribution in [2.45, 2.75) is 51.7 Å². The molecule has 0 heterocycles. The molecule has 1 aliphatic rings. The maximum absolute atomic E-state index is 11.8. The van der Waals surface area contributed by atoms with Crippen LogP contribution in [-0.4, -0.2) is 31.7 Å². The Kier molecular flexibility index (Phi) is 8.57. The second-order valence-electron chi connectivity index (χ2n) is 5.37. The van der Waals surface area contributed by atoms with Gasteiger partial charge in [0.15, 0.2) is 0 Å². The van der Waals surface area contributed by atoms with Gasteiger partial charge in [0, 0.05) is 19.7 Å². The summed E-state index contributed by atoms with van der Waals surface area (Å²) < 4.78 is 5.12. The van der Waals surface area contributed by atoms with Crippen LogP contribution in [0.15, 0.2) is 0 Å². The minimum atomic E-state index is -0.159. The number of nitrogens with two attached hydrogens (primary N) is 1. The van der Waals surface area contributed by atoms with Crippen LogP contribution in [0.25, 0.3) is 0 Å². The molecule has 5 heteroatoms. The van der Waals surface area contributed by atoms with E-state index in [1.54, 1.807) is 7.11 Å². The van der Waals surface area contributed by atoms with Gasteiger partial charge in [-0.15, -0.1) is 12.4 Å². The number of halogens is 1. The molecule has 3 N–H and O–H groups in total. The van der Waals surface area contributed by atoms with Crippen molar-refractivity contribution in [2.24, 2.45) is 17.6 Å². The maximum Gasteiger partial charge on any atom is 0.222 e. The number of amides is 1. The second kappa shape index (κ2) is 8.73.